The van der Waals surface area contributed by atoms with Crippen LogP contribution in [0.5, 0.6) is 0 Å². The van der Waals surface area contributed by atoms with Gasteiger partial charge >= 0.3 is 6.01 Å². The fraction of sp³-hybridized carbons (Fsp3) is 0.867. The largest absolute Gasteiger partial charge is 0.407 e. The van der Waals surface area contributed by atoms with Gasteiger partial charge in [-0.25, -0.2) is 0 Å². The molecule has 20 heavy (non-hydrogen) atoms. The van der Waals surface area contributed by atoms with Crippen LogP contribution in [0.4, 0.5) is 6.01 Å². The number of aromatic nitrogens is 2. The minimum atomic E-state index is 0.0574. The second-order valence-electron chi connectivity index (χ2n) is 6.96. The molecule has 5 heteroatoms. The Balaban J connectivity index is 1.96. The third-order valence-electron chi connectivity index (χ3n) is 4.43. The highest BCUT2D eigenvalue weighted by molar-refractivity contribution is 5.28. The van der Waals surface area contributed by atoms with E-state index in [0.717, 1.165) is 13.1 Å². The first-order chi connectivity index (χ1) is 9.37. The molecule has 0 aliphatic carbocycles. The Kier molecular flexibility index (Phi) is 4.37. The lowest BCUT2D eigenvalue weighted by Crippen LogP contribution is -2.35. The molecule has 0 amide bonds. The van der Waals surface area contributed by atoms with E-state index in [2.05, 4.69) is 55.0 Å². The molecular weight excluding hydrogens is 252 g/mol. The van der Waals surface area contributed by atoms with Crippen molar-refractivity contribution in [3.8, 4) is 0 Å². The minimum Gasteiger partial charge on any atom is -0.407 e. The van der Waals surface area contributed by atoms with Crippen molar-refractivity contribution in [3.05, 3.63) is 5.89 Å². The van der Waals surface area contributed by atoms with Gasteiger partial charge < -0.3 is 14.6 Å². The Morgan fingerprint density at radius 3 is 2.50 bits per heavy atom. The number of hydrogen-bond acceptors (Lipinski definition) is 5. The first-order valence-electron chi connectivity index (χ1n) is 7.70. The molecule has 1 aliphatic rings. The summed E-state index contributed by atoms with van der Waals surface area (Å²) in [5.74, 6) is 0.667. The summed E-state index contributed by atoms with van der Waals surface area (Å²) in [4.78, 5) is 2.24. The lowest BCUT2D eigenvalue weighted by atomic mass is 9.82. The van der Waals surface area contributed by atoms with Gasteiger partial charge in [-0.05, 0) is 45.4 Å². The standard InChI is InChI=1S/C15H28N4O/c1-6-15(7-2)8-9-19(11-15)13-18-17-12(20-13)10-16-14(3,4)5/h16H,6-11H2,1-5H3. The third-order valence-corrected chi connectivity index (χ3v) is 4.43. The Labute approximate surface area is 122 Å². The molecule has 2 heterocycles. The molecule has 0 radical (unpaired) electrons. The molecule has 1 N–H and O–H groups in total. The molecule has 2 rings (SSSR count). The molecule has 1 aromatic rings. The van der Waals surface area contributed by atoms with Crippen molar-refractivity contribution in [2.45, 2.75) is 66.0 Å². The van der Waals surface area contributed by atoms with E-state index in [9.17, 15) is 0 Å². The van der Waals surface area contributed by atoms with Crippen LogP contribution >= 0.6 is 0 Å². The zero-order chi connectivity index (χ0) is 14.8. The Hall–Kier alpha value is -1.10. The van der Waals surface area contributed by atoms with Gasteiger partial charge in [0.25, 0.3) is 0 Å². The fourth-order valence-electron chi connectivity index (χ4n) is 2.71. The third kappa shape index (κ3) is 3.51. The molecule has 1 aliphatic heterocycles. The van der Waals surface area contributed by atoms with Gasteiger partial charge in [0.2, 0.25) is 5.89 Å². The number of rotatable bonds is 5. The summed E-state index contributed by atoms with van der Waals surface area (Å²) in [6.45, 7) is 13.6. The average Bonchev–Trinajstić information content (AvgIpc) is 3.03. The maximum absolute atomic E-state index is 5.79. The summed E-state index contributed by atoms with van der Waals surface area (Å²) >= 11 is 0. The lowest BCUT2D eigenvalue weighted by molar-refractivity contribution is 0.299. The molecule has 0 atom stereocenters. The first kappa shape index (κ1) is 15.3. The lowest BCUT2D eigenvalue weighted by Gasteiger charge is -2.25. The number of hydrogen-bond donors (Lipinski definition) is 1. The zero-order valence-corrected chi connectivity index (χ0v) is 13.5. The summed E-state index contributed by atoms with van der Waals surface area (Å²) in [6.07, 6.45) is 3.65. The Bertz CT molecular complexity index is 431. The molecule has 114 valence electrons. The highest BCUT2D eigenvalue weighted by atomic mass is 16.4. The van der Waals surface area contributed by atoms with Gasteiger partial charge in [-0.2, -0.15) is 0 Å². The molecule has 1 saturated heterocycles. The van der Waals surface area contributed by atoms with Crippen molar-refractivity contribution in [3.63, 3.8) is 0 Å². The monoisotopic (exact) mass is 280 g/mol. The van der Waals surface area contributed by atoms with Crippen LogP contribution < -0.4 is 10.2 Å². The Morgan fingerprint density at radius 1 is 1.25 bits per heavy atom. The van der Waals surface area contributed by atoms with Crippen LogP contribution in [0.15, 0.2) is 4.42 Å². The van der Waals surface area contributed by atoms with Gasteiger partial charge in [-0.1, -0.05) is 18.9 Å². The molecule has 0 saturated carbocycles. The summed E-state index contributed by atoms with van der Waals surface area (Å²) in [5.41, 5.74) is 0.486. The molecule has 1 fully saturated rings. The molecule has 0 unspecified atom stereocenters. The smallest absolute Gasteiger partial charge is 0.318 e. The van der Waals surface area contributed by atoms with E-state index in [1.54, 1.807) is 0 Å². The van der Waals surface area contributed by atoms with Gasteiger partial charge in [0.15, 0.2) is 0 Å². The van der Waals surface area contributed by atoms with Gasteiger partial charge in [0.05, 0.1) is 6.54 Å². The molecule has 5 nitrogen and oxygen atoms in total. The van der Waals surface area contributed by atoms with Gasteiger partial charge in [-0.3, -0.25) is 0 Å². The van der Waals surface area contributed by atoms with Crippen molar-refractivity contribution in [1.82, 2.24) is 15.5 Å². The summed E-state index contributed by atoms with van der Waals surface area (Å²) < 4.78 is 5.79. The van der Waals surface area contributed by atoms with Crippen LogP contribution in [0.3, 0.4) is 0 Å². The number of anilines is 1. The summed E-state index contributed by atoms with van der Waals surface area (Å²) in [6, 6.07) is 0.680. The van der Waals surface area contributed by atoms with Crippen LogP contribution in [0.25, 0.3) is 0 Å². The van der Waals surface area contributed by atoms with Gasteiger partial charge in [0, 0.05) is 18.6 Å². The SMILES string of the molecule is CCC1(CC)CCN(c2nnc(CNC(C)(C)C)o2)C1. The molecule has 1 aromatic heterocycles. The van der Waals surface area contributed by atoms with E-state index in [-0.39, 0.29) is 5.54 Å². The zero-order valence-electron chi connectivity index (χ0n) is 13.5. The quantitative estimate of drug-likeness (QED) is 0.898. The van der Waals surface area contributed by atoms with Crippen LogP contribution in [0, 0.1) is 5.41 Å². The predicted octanol–water partition coefficient (Wildman–Crippen LogP) is 2.97. The second kappa shape index (κ2) is 5.72. The van der Waals surface area contributed by atoms with Crippen molar-refractivity contribution < 1.29 is 4.42 Å². The van der Waals surface area contributed by atoms with Crippen molar-refractivity contribution in [2.75, 3.05) is 18.0 Å². The van der Waals surface area contributed by atoms with Crippen LogP contribution in [0.2, 0.25) is 0 Å². The molecule has 0 spiro atoms. The normalized spacial score (nSPS) is 18.8. The fourth-order valence-corrected chi connectivity index (χ4v) is 2.71. The molecule has 0 bridgehead atoms. The maximum atomic E-state index is 5.79. The van der Waals surface area contributed by atoms with E-state index in [0.29, 0.717) is 23.9 Å². The predicted molar refractivity (Wildman–Crippen MR) is 80.7 cm³/mol. The van der Waals surface area contributed by atoms with Crippen LogP contribution in [-0.4, -0.2) is 28.8 Å². The summed E-state index contributed by atoms with van der Waals surface area (Å²) in [5, 5.41) is 11.7. The van der Waals surface area contributed by atoms with Crippen LogP contribution in [0.1, 0.15) is 59.8 Å². The van der Waals surface area contributed by atoms with E-state index >= 15 is 0 Å². The van der Waals surface area contributed by atoms with Crippen molar-refractivity contribution in [1.29, 1.82) is 0 Å². The van der Waals surface area contributed by atoms with Crippen molar-refractivity contribution >= 4 is 6.01 Å². The topological polar surface area (TPSA) is 54.2 Å². The average molecular weight is 280 g/mol. The van der Waals surface area contributed by atoms with E-state index in [4.69, 9.17) is 4.42 Å². The van der Waals surface area contributed by atoms with Gasteiger partial charge in [-0.15, -0.1) is 5.10 Å². The van der Waals surface area contributed by atoms with Crippen molar-refractivity contribution in [2.24, 2.45) is 5.41 Å². The van der Waals surface area contributed by atoms with E-state index in [1.807, 2.05) is 0 Å². The molecule has 0 aromatic carbocycles. The highest BCUT2D eigenvalue weighted by Crippen LogP contribution is 2.38. The number of nitrogens with one attached hydrogen (secondary N) is 1. The number of nitrogens with zero attached hydrogens (tertiary/aromatic N) is 3. The minimum absolute atomic E-state index is 0.0574. The maximum Gasteiger partial charge on any atom is 0.318 e. The van der Waals surface area contributed by atoms with E-state index in [1.165, 1.54) is 19.3 Å². The second-order valence-corrected chi connectivity index (χ2v) is 6.96. The van der Waals surface area contributed by atoms with Crippen LogP contribution in [-0.2, 0) is 6.54 Å². The highest BCUT2D eigenvalue weighted by Gasteiger charge is 2.36. The molecular formula is C15H28N4O. The first-order valence-corrected chi connectivity index (χ1v) is 7.70. The van der Waals surface area contributed by atoms with E-state index < -0.39 is 0 Å². The van der Waals surface area contributed by atoms with Gasteiger partial charge in [0.1, 0.15) is 0 Å². The Morgan fingerprint density at radius 2 is 1.95 bits per heavy atom. The summed E-state index contributed by atoms with van der Waals surface area (Å²) in [7, 11) is 0.